The highest BCUT2D eigenvalue weighted by Crippen LogP contribution is 2.25. The second-order valence-corrected chi connectivity index (χ2v) is 9.53. The molecular formula is C24H35N3O5. The summed E-state index contributed by atoms with van der Waals surface area (Å²) >= 11 is 0. The number of morpholine rings is 1. The van der Waals surface area contributed by atoms with Crippen LogP contribution in [0.15, 0.2) is 24.3 Å². The molecule has 0 aromatic heterocycles. The van der Waals surface area contributed by atoms with Gasteiger partial charge in [0, 0.05) is 43.0 Å². The Bertz CT molecular complexity index is 804. The van der Waals surface area contributed by atoms with E-state index in [-0.39, 0.29) is 23.7 Å². The number of piperidine rings is 1. The molecule has 2 amide bonds. The fraction of sp³-hybridized carbons (Fsp3) is 0.625. The van der Waals surface area contributed by atoms with Crippen molar-refractivity contribution in [1.82, 2.24) is 4.90 Å². The number of anilines is 2. The van der Waals surface area contributed by atoms with Gasteiger partial charge < -0.3 is 24.6 Å². The van der Waals surface area contributed by atoms with Crippen LogP contribution in [0.4, 0.5) is 11.4 Å². The van der Waals surface area contributed by atoms with Crippen molar-refractivity contribution in [2.75, 3.05) is 49.6 Å². The summed E-state index contributed by atoms with van der Waals surface area (Å²) in [7, 11) is 0. The van der Waals surface area contributed by atoms with Crippen LogP contribution in [-0.4, -0.2) is 68.2 Å². The lowest BCUT2D eigenvalue weighted by Crippen LogP contribution is -2.45. The number of amides is 2. The second-order valence-electron chi connectivity index (χ2n) is 9.53. The van der Waals surface area contributed by atoms with Crippen LogP contribution in [0, 0.1) is 11.3 Å². The summed E-state index contributed by atoms with van der Waals surface area (Å²) in [5.41, 5.74) is 1.31. The number of carbonyl (C=O) groups excluding carboxylic acids is 3. The van der Waals surface area contributed by atoms with Crippen LogP contribution in [0.5, 0.6) is 0 Å². The maximum Gasteiger partial charge on any atom is 0.309 e. The van der Waals surface area contributed by atoms with Crippen molar-refractivity contribution in [2.45, 2.75) is 46.6 Å². The summed E-state index contributed by atoms with van der Waals surface area (Å²) in [6, 6.07) is 7.62. The summed E-state index contributed by atoms with van der Waals surface area (Å²) in [5.74, 6) is -0.935. The van der Waals surface area contributed by atoms with E-state index in [0.717, 1.165) is 18.8 Å². The van der Waals surface area contributed by atoms with Crippen LogP contribution >= 0.6 is 0 Å². The van der Waals surface area contributed by atoms with E-state index in [1.807, 2.05) is 45.0 Å². The summed E-state index contributed by atoms with van der Waals surface area (Å²) in [6.07, 6.45) is 0.214. The Balaban J connectivity index is 1.45. The van der Waals surface area contributed by atoms with E-state index >= 15 is 0 Å². The molecular weight excluding hydrogens is 410 g/mol. The zero-order valence-corrected chi connectivity index (χ0v) is 19.6. The topological polar surface area (TPSA) is 88.2 Å². The van der Waals surface area contributed by atoms with Crippen molar-refractivity contribution in [3.63, 3.8) is 0 Å². The van der Waals surface area contributed by atoms with Crippen molar-refractivity contribution in [2.24, 2.45) is 11.3 Å². The molecule has 2 saturated heterocycles. The third-order valence-electron chi connectivity index (χ3n) is 5.93. The summed E-state index contributed by atoms with van der Waals surface area (Å²) < 4.78 is 10.8. The number of nitrogens with one attached hydrogen (secondary N) is 1. The minimum Gasteiger partial charge on any atom is -0.452 e. The van der Waals surface area contributed by atoms with Crippen LogP contribution in [0.3, 0.4) is 0 Å². The summed E-state index contributed by atoms with van der Waals surface area (Å²) in [4.78, 5) is 41.5. The number of likely N-dealkylation sites (tertiary alicyclic amines) is 1. The molecule has 32 heavy (non-hydrogen) atoms. The van der Waals surface area contributed by atoms with Gasteiger partial charge in [0.15, 0.2) is 6.10 Å². The first-order valence-corrected chi connectivity index (χ1v) is 11.4. The average molecular weight is 446 g/mol. The molecule has 1 aromatic carbocycles. The molecule has 3 rings (SSSR count). The number of esters is 1. The molecule has 0 unspecified atom stereocenters. The molecule has 1 N–H and O–H groups in total. The zero-order valence-electron chi connectivity index (χ0n) is 19.6. The van der Waals surface area contributed by atoms with Gasteiger partial charge in [-0.2, -0.15) is 0 Å². The lowest BCUT2D eigenvalue weighted by atomic mass is 9.91. The van der Waals surface area contributed by atoms with E-state index in [0.29, 0.717) is 44.8 Å². The molecule has 0 saturated carbocycles. The van der Waals surface area contributed by atoms with E-state index in [1.54, 1.807) is 11.8 Å². The molecule has 8 heteroatoms. The number of rotatable bonds is 5. The third-order valence-corrected chi connectivity index (χ3v) is 5.93. The maximum absolute atomic E-state index is 12.5. The smallest absolute Gasteiger partial charge is 0.309 e. The maximum atomic E-state index is 12.5. The van der Waals surface area contributed by atoms with Crippen LogP contribution < -0.4 is 10.2 Å². The Morgan fingerprint density at radius 1 is 1.03 bits per heavy atom. The van der Waals surface area contributed by atoms with Gasteiger partial charge >= 0.3 is 5.97 Å². The molecule has 2 heterocycles. The highest BCUT2D eigenvalue weighted by molar-refractivity contribution is 5.95. The SMILES string of the molecule is C[C@@H](OC(=O)C1CCN(C(=O)C(C)(C)C)CC1)C(=O)Nc1ccc(N2CCOCC2)cc1. The van der Waals surface area contributed by atoms with Crippen molar-refractivity contribution in [3.05, 3.63) is 24.3 Å². The first kappa shape index (κ1) is 24.0. The number of benzene rings is 1. The average Bonchev–Trinajstić information content (AvgIpc) is 2.79. The Morgan fingerprint density at radius 3 is 2.19 bits per heavy atom. The summed E-state index contributed by atoms with van der Waals surface area (Å²) in [6.45, 7) is 11.5. The molecule has 2 fully saturated rings. The largest absolute Gasteiger partial charge is 0.452 e. The van der Waals surface area contributed by atoms with Crippen molar-refractivity contribution >= 4 is 29.2 Å². The second kappa shape index (κ2) is 10.3. The van der Waals surface area contributed by atoms with Gasteiger partial charge in [-0.3, -0.25) is 14.4 Å². The molecule has 0 radical (unpaired) electrons. The standard InChI is InChI=1S/C24H35N3O5/c1-17(32-22(29)18-9-11-27(12-10-18)23(30)24(2,3)4)21(28)25-19-5-7-20(8-6-19)26-13-15-31-16-14-26/h5-8,17-18H,9-16H2,1-4H3,(H,25,28)/t17-/m1/s1. The first-order chi connectivity index (χ1) is 15.1. The molecule has 2 aliphatic rings. The number of nitrogens with zero attached hydrogens (tertiary/aromatic N) is 2. The Kier molecular flexibility index (Phi) is 7.77. The van der Waals surface area contributed by atoms with Crippen molar-refractivity contribution in [1.29, 1.82) is 0 Å². The van der Waals surface area contributed by atoms with E-state index in [2.05, 4.69) is 10.2 Å². The molecule has 1 atom stereocenters. The van der Waals surface area contributed by atoms with Crippen molar-refractivity contribution < 1.29 is 23.9 Å². The van der Waals surface area contributed by atoms with Crippen LogP contribution in [0.25, 0.3) is 0 Å². The fourth-order valence-electron chi connectivity index (χ4n) is 3.94. The van der Waals surface area contributed by atoms with Gasteiger partial charge in [-0.1, -0.05) is 20.8 Å². The normalized spacial score (nSPS) is 18.8. The predicted molar refractivity (Wildman–Crippen MR) is 122 cm³/mol. The van der Waals surface area contributed by atoms with Crippen LogP contribution in [0.2, 0.25) is 0 Å². The Hall–Kier alpha value is -2.61. The highest BCUT2D eigenvalue weighted by Gasteiger charge is 2.34. The van der Waals surface area contributed by atoms with E-state index in [1.165, 1.54) is 0 Å². The first-order valence-electron chi connectivity index (χ1n) is 11.4. The van der Waals surface area contributed by atoms with Gasteiger partial charge in [0.05, 0.1) is 19.1 Å². The van der Waals surface area contributed by atoms with Gasteiger partial charge in [0.25, 0.3) is 5.91 Å². The molecule has 1 aromatic rings. The lowest BCUT2D eigenvalue weighted by molar-refractivity contribution is -0.160. The zero-order chi connectivity index (χ0) is 23.3. The lowest BCUT2D eigenvalue weighted by Gasteiger charge is -2.35. The van der Waals surface area contributed by atoms with Gasteiger partial charge in [-0.25, -0.2) is 0 Å². The van der Waals surface area contributed by atoms with Gasteiger partial charge in [-0.05, 0) is 44.0 Å². The molecule has 2 aliphatic heterocycles. The number of hydrogen-bond donors (Lipinski definition) is 1. The van der Waals surface area contributed by atoms with Crippen molar-refractivity contribution in [3.8, 4) is 0 Å². The predicted octanol–water partition coefficient (Wildman–Crippen LogP) is 2.68. The fourth-order valence-corrected chi connectivity index (χ4v) is 3.94. The van der Waals surface area contributed by atoms with E-state index in [4.69, 9.17) is 9.47 Å². The van der Waals surface area contributed by atoms with Gasteiger partial charge in [-0.15, -0.1) is 0 Å². The molecule has 0 bridgehead atoms. The van der Waals surface area contributed by atoms with E-state index in [9.17, 15) is 14.4 Å². The van der Waals surface area contributed by atoms with Gasteiger partial charge in [0.2, 0.25) is 5.91 Å². The Morgan fingerprint density at radius 2 is 1.62 bits per heavy atom. The highest BCUT2D eigenvalue weighted by atomic mass is 16.5. The molecule has 176 valence electrons. The molecule has 0 spiro atoms. The minimum atomic E-state index is -0.893. The number of hydrogen-bond acceptors (Lipinski definition) is 6. The Labute approximate surface area is 190 Å². The van der Waals surface area contributed by atoms with Crippen LogP contribution in [0.1, 0.15) is 40.5 Å². The quantitative estimate of drug-likeness (QED) is 0.701. The summed E-state index contributed by atoms with van der Waals surface area (Å²) in [5, 5.41) is 2.81. The third kappa shape index (κ3) is 6.22. The van der Waals surface area contributed by atoms with Crippen LogP contribution in [-0.2, 0) is 23.9 Å². The molecule has 0 aliphatic carbocycles. The minimum absolute atomic E-state index is 0.0942. The number of ether oxygens (including phenoxy) is 2. The molecule has 8 nitrogen and oxygen atoms in total. The number of carbonyl (C=O) groups is 3. The monoisotopic (exact) mass is 445 g/mol. The van der Waals surface area contributed by atoms with E-state index < -0.39 is 11.5 Å². The van der Waals surface area contributed by atoms with Gasteiger partial charge in [0.1, 0.15) is 0 Å².